The highest BCUT2D eigenvalue weighted by Crippen LogP contribution is 2.66. The SMILES string of the molecule is O=P(O)(O)OP(=O)(O)OP(=O)(O)OCC1CC(Cl)C(n2cnc3c(Cl)ncnc32)O1. The first-order valence-electron chi connectivity index (χ1n) is 7.67. The zero-order chi connectivity index (χ0) is 22.3. The second kappa shape index (κ2) is 8.80. The van der Waals surface area contributed by atoms with Crippen molar-refractivity contribution in [2.75, 3.05) is 6.61 Å². The van der Waals surface area contributed by atoms with E-state index in [9.17, 15) is 18.6 Å². The van der Waals surface area contributed by atoms with Crippen LogP contribution in [0.25, 0.3) is 11.2 Å². The molecule has 0 aromatic carbocycles. The molecular formula is C10H13Cl2N4O11P3. The maximum atomic E-state index is 11.8. The molecule has 0 saturated carbocycles. The van der Waals surface area contributed by atoms with Gasteiger partial charge in [-0.3, -0.25) is 9.09 Å². The van der Waals surface area contributed by atoms with Crippen LogP contribution in [0.4, 0.5) is 0 Å². The molecule has 0 aliphatic carbocycles. The van der Waals surface area contributed by atoms with Gasteiger partial charge in [0.05, 0.1) is 24.4 Å². The van der Waals surface area contributed by atoms with Crippen molar-refractivity contribution in [2.45, 2.75) is 24.1 Å². The minimum Gasteiger partial charge on any atom is -0.351 e. The van der Waals surface area contributed by atoms with Crippen molar-refractivity contribution in [1.82, 2.24) is 19.5 Å². The summed E-state index contributed by atoms with van der Waals surface area (Å²) in [5.74, 6) is 0. The van der Waals surface area contributed by atoms with Gasteiger partial charge < -0.3 is 24.3 Å². The van der Waals surface area contributed by atoms with E-state index in [0.717, 1.165) is 0 Å². The van der Waals surface area contributed by atoms with E-state index >= 15 is 0 Å². The molecule has 168 valence electrons. The summed E-state index contributed by atoms with van der Waals surface area (Å²) in [4.78, 5) is 47.6. The van der Waals surface area contributed by atoms with Crippen molar-refractivity contribution >= 4 is 57.8 Å². The number of hydrogen-bond acceptors (Lipinski definition) is 10. The van der Waals surface area contributed by atoms with E-state index in [1.54, 1.807) is 0 Å². The molecule has 1 aliphatic rings. The fourth-order valence-corrected chi connectivity index (χ4v) is 6.15. The minimum absolute atomic E-state index is 0.118. The van der Waals surface area contributed by atoms with E-state index < -0.39 is 47.8 Å². The molecule has 3 heterocycles. The topological polar surface area (TPSA) is 213 Å². The molecule has 1 saturated heterocycles. The van der Waals surface area contributed by atoms with Crippen molar-refractivity contribution in [3.05, 3.63) is 17.8 Å². The summed E-state index contributed by atoms with van der Waals surface area (Å²) in [7, 11) is -16.3. The summed E-state index contributed by atoms with van der Waals surface area (Å²) in [5.41, 5.74) is 0.641. The van der Waals surface area contributed by atoms with E-state index in [4.69, 9.17) is 42.6 Å². The van der Waals surface area contributed by atoms with Crippen LogP contribution < -0.4 is 0 Å². The van der Waals surface area contributed by atoms with Crippen molar-refractivity contribution in [3.63, 3.8) is 0 Å². The van der Waals surface area contributed by atoms with Gasteiger partial charge in [-0.1, -0.05) is 11.6 Å². The van der Waals surface area contributed by atoms with E-state index in [0.29, 0.717) is 11.2 Å². The zero-order valence-electron chi connectivity index (χ0n) is 14.3. The van der Waals surface area contributed by atoms with E-state index in [1.165, 1.54) is 17.2 Å². The molecule has 5 atom stereocenters. The van der Waals surface area contributed by atoms with Crippen molar-refractivity contribution in [3.8, 4) is 0 Å². The molecule has 1 aliphatic heterocycles. The Kier molecular flexibility index (Phi) is 7.08. The lowest BCUT2D eigenvalue weighted by atomic mass is 10.2. The number of aromatic nitrogens is 4. The number of imidazole rings is 1. The molecule has 30 heavy (non-hydrogen) atoms. The lowest BCUT2D eigenvalue weighted by Gasteiger charge is -2.18. The lowest BCUT2D eigenvalue weighted by molar-refractivity contribution is -0.0197. The number of alkyl halides is 1. The van der Waals surface area contributed by atoms with Crippen LogP contribution in [0.1, 0.15) is 12.6 Å². The predicted octanol–water partition coefficient (Wildman–Crippen LogP) is 1.72. The van der Waals surface area contributed by atoms with Gasteiger partial charge in [-0.2, -0.15) is 8.62 Å². The van der Waals surface area contributed by atoms with Crippen LogP contribution in [0.15, 0.2) is 12.7 Å². The number of ether oxygens (including phenoxy) is 1. The molecule has 15 nitrogen and oxygen atoms in total. The third-order valence-electron chi connectivity index (χ3n) is 3.56. The third-order valence-corrected chi connectivity index (χ3v) is 8.03. The van der Waals surface area contributed by atoms with Gasteiger partial charge in [-0.15, -0.1) is 11.6 Å². The molecule has 0 bridgehead atoms. The van der Waals surface area contributed by atoms with E-state index in [-0.39, 0.29) is 11.6 Å². The van der Waals surface area contributed by atoms with Crippen LogP contribution in [0.5, 0.6) is 0 Å². The Labute approximate surface area is 177 Å². The van der Waals surface area contributed by atoms with Crippen LogP contribution in [0.2, 0.25) is 5.15 Å². The van der Waals surface area contributed by atoms with Crippen LogP contribution >= 0.6 is 46.7 Å². The molecule has 2 aromatic rings. The van der Waals surface area contributed by atoms with Crippen LogP contribution in [-0.4, -0.2) is 57.2 Å². The maximum Gasteiger partial charge on any atom is 0.490 e. The highest BCUT2D eigenvalue weighted by atomic mass is 35.5. The Morgan fingerprint density at radius 1 is 1.13 bits per heavy atom. The number of nitrogens with zero attached hydrogens (tertiary/aromatic N) is 4. The molecule has 4 N–H and O–H groups in total. The molecule has 5 unspecified atom stereocenters. The highest BCUT2D eigenvalue weighted by molar-refractivity contribution is 7.66. The number of hydrogen-bond donors (Lipinski definition) is 4. The summed E-state index contributed by atoms with van der Waals surface area (Å²) < 4.78 is 52.7. The molecule has 2 aromatic heterocycles. The fourth-order valence-electron chi connectivity index (χ4n) is 2.54. The summed E-state index contributed by atoms with van der Waals surface area (Å²) in [6.07, 6.45) is 1.04. The van der Waals surface area contributed by atoms with E-state index in [2.05, 4.69) is 28.1 Å². The number of fused-ring (bicyclic) bond motifs is 1. The third kappa shape index (κ3) is 6.05. The minimum atomic E-state index is -5.60. The first kappa shape index (κ1) is 24.1. The largest absolute Gasteiger partial charge is 0.490 e. The Morgan fingerprint density at radius 2 is 1.83 bits per heavy atom. The van der Waals surface area contributed by atoms with E-state index in [1.807, 2.05) is 0 Å². The summed E-state index contributed by atoms with van der Waals surface area (Å²) in [6.45, 7) is -0.619. The van der Waals surface area contributed by atoms with Gasteiger partial charge in [0, 0.05) is 0 Å². The number of rotatable bonds is 8. The van der Waals surface area contributed by atoms with Gasteiger partial charge in [0.1, 0.15) is 11.8 Å². The van der Waals surface area contributed by atoms with Crippen molar-refractivity contribution in [1.29, 1.82) is 0 Å². The van der Waals surface area contributed by atoms with Gasteiger partial charge in [0.25, 0.3) is 0 Å². The van der Waals surface area contributed by atoms with Crippen LogP contribution in [-0.2, 0) is 31.6 Å². The van der Waals surface area contributed by atoms with Crippen LogP contribution in [0.3, 0.4) is 0 Å². The first-order valence-corrected chi connectivity index (χ1v) is 13.0. The van der Waals surface area contributed by atoms with Crippen molar-refractivity contribution in [2.24, 2.45) is 0 Å². The van der Waals surface area contributed by atoms with Crippen molar-refractivity contribution < 1.29 is 51.2 Å². The second-order valence-corrected chi connectivity index (χ2v) is 11.1. The highest BCUT2D eigenvalue weighted by Gasteiger charge is 2.42. The molecule has 0 amide bonds. The zero-order valence-corrected chi connectivity index (χ0v) is 18.5. The number of phosphoric ester groups is 1. The van der Waals surface area contributed by atoms with Crippen LogP contribution in [0, 0.1) is 0 Å². The molecular weight excluding hydrogens is 516 g/mol. The summed E-state index contributed by atoms with van der Waals surface area (Å²) in [6, 6.07) is 0. The Bertz CT molecular complexity index is 1080. The maximum absolute atomic E-state index is 11.8. The first-order chi connectivity index (χ1) is 13.8. The number of phosphoric acid groups is 3. The van der Waals surface area contributed by atoms with Gasteiger partial charge in [-0.05, 0) is 6.42 Å². The summed E-state index contributed by atoms with van der Waals surface area (Å²) in [5, 5.41) is -0.530. The smallest absolute Gasteiger partial charge is 0.351 e. The number of halogens is 2. The Morgan fingerprint density at radius 3 is 2.50 bits per heavy atom. The van der Waals surface area contributed by atoms with Gasteiger partial charge >= 0.3 is 23.5 Å². The van der Waals surface area contributed by atoms with Gasteiger partial charge in [0.2, 0.25) is 0 Å². The fraction of sp³-hybridized carbons (Fsp3) is 0.500. The molecule has 3 rings (SSSR count). The van der Waals surface area contributed by atoms with Gasteiger partial charge in [0.15, 0.2) is 17.0 Å². The quantitative estimate of drug-likeness (QED) is 0.218. The molecule has 0 spiro atoms. The average molecular weight is 529 g/mol. The molecule has 1 fully saturated rings. The average Bonchev–Trinajstić information content (AvgIpc) is 3.13. The molecule has 0 radical (unpaired) electrons. The standard InChI is InChI=1S/C10H13Cl2N4O11P3/c11-6-1-5(2-24-29(20,21)27-30(22,23)26-28(17,18)19)25-10(6)16-4-15-7-8(12)13-3-14-9(7)16/h3-6,10H,1-2H2,(H,20,21)(H,22,23)(H2,17,18,19). The normalized spacial score (nSPS) is 26.5. The predicted molar refractivity (Wildman–Crippen MR) is 98.3 cm³/mol. The monoisotopic (exact) mass is 528 g/mol. The molecule has 20 heteroatoms. The lowest BCUT2D eigenvalue weighted by Crippen LogP contribution is -2.17. The second-order valence-electron chi connectivity index (χ2n) is 5.78. The Hall–Kier alpha value is -0.500. The Balaban J connectivity index is 1.63. The van der Waals surface area contributed by atoms with Gasteiger partial charge in [-0.25, -0.2) is 28.6 Å². The summed E-state index contributed by atoms with van der Waals surface area (Å²) >= 11 is 12.2.